The first-order chi connectivity index (χ1) is 22.7. The summed E-state index contributed by atoms with van der Waals surface area (Å²) < 4.78 is 25.1. The number of aromatic nitrogens is 2. The van der Waals surface area contributed by atoms with Crippen LogP contribution in [0.1, 0.15) is 19.4 Å². The van der Waals surface area contributed by atoms with E-state index in [-0.39, 0.29) is 49.0 Å². The molecule has 0 aromatic carbocycles. The predicted molar refractivity (Wildman–Crippen MR) is 175 cm³/mol. The van der Waals surface area contributed by atoms with Crippen LogP contribution in [0.2, 0.25) is 0 Å². The molecule has 0 bridgehead atoms. The van der Waals surface area contributed by atoms with Crippen LogP contribution in [0.3, 0.4) is 0 Å². The molecule has 2 N–H and O–H groups in total. The lowest BCUT2D eigenvalue weighted by Crippen LogP contribution is -2.54. The van der Waals surface area contributed by atoms with Gasteiger partial charge in [0.25, 0.3) is 0 Å². The summed E-state index contributed by atoms with van der Waals surface area (Å²) in [5.41, 5.74) is -0.900. The van der Waals surface area contributed by atoms with Crippen molar-refractivity contribution >= 4 is 76.3 Å². The maximum absolute atomic E-state index is 14.3. The first-order valence-electron chi connectivity index (χ1n) is 13.8. The van der Waals surface area contributed by atoms with Crippen LogP contribution in [0.15, 0.2) is 49.7 Å². The summed E-state index contributed by atoms with van der Waals surface area (Å²) >= 11 is 2.39. The van der Waals surface area contributed by atoms with E-state index in [0.29, 0.717) is 10.5 Å². The van der Waals surface area contributed by atoms with Crippen molar-refractivity contribution in [2.24, 2.45) is 0 Å². The number of methoxy groups -OCH3 is 5. The number of hydrogen-bond acceptors (Lipinski definition) is 16. The fourth-order valence-corrected chi connectivity index (χ4v) is 10.7. The van der Waals surface area contributed by atoms with E-state index in [1.807, 2.05) is 0 Å². The molecule has 0 saturated heterocycles. The van der Waals surface area contributed by atoms with E-state index in [1.165, 1.54) is 36.5 Å². The van der Waals surface area contributed by atoms with Crippen molar-refractivity contribution in [3.8, 4) is 17.5 Å². The molecule has 0 aliphatic carbocycles. The lowest BCUT2D eigenvalue weighted by molar-refractivity contribution is -0.138. The summed E-state index contributed by atoms with van der Waals surface area (Å²) in [7, 11) is 5.85. The summed E-state index contributed by atoms with van der Waals surface area (Å²) in [5.74, 6) is -4.92. The van der Waals surface area contributed by atoms with Crippen LogP contribution in [0.4, 0.5) is 5.69 Å². The number of carbonyl (C=O) groups excluding carboxylic acids is 5. The maximum atomic E-state index is 14.3. The highest BCUT2D eigenvalue weighted by atomic mass is 32.2. The number of thioether (sulfide) groups is 3. The van der Waals surface area contributed by atoms with E-state index in [0.717, 1.165) is 68.3 Å². The van der Waals surface area contributed by atoms with Crippen molar-refractivity contribution in [3.63, 3.8) is 0 Å². The Morgan fingerprint density at radius 3 is 1.81 bits per heavy atom. The summed E-state index contributed by atoms with van der Waals surface area (Å²) in [6, 6.07) is 2.45. The number of amides is 1. The molecule has 1 spiro atoms. The minimum atomic E-state index is -1.81. The van der Waals surface area contributed by atoms with Gasteiger partial charge >= 0.3 is 23.9 Å². The fourth-order valence-electron chi connectivity index (χ4n) is 5.61. The van der Waals surface area contributed by atoms with Gasteiger partial charge in [0.15, 0.2) is 17.5 Å². The second kappa shape index (κ2) is 12.8. The average molecular weight is 720 g/mol. The van der Waals surface area contributed by atoms with E-state index < -0.39 is 45.9 Å². The van der Waals surface area contributed by atoms with Crippen LogP contribution in [-0.4, -0.2) is 94.7 Å². The topological polar surface area (TPSA) is 193 Å². The molecule has 254 valence electrons. The van der Waals surface area contributed by atoms with Gasteiger partial charge in [-0.3, -0.25) is 19.2 Å². The molecule has 5 rings (SSSR count). The van der Waals surface area contributed by atoms with E-state index >= 15 is 0 Å². The number of aromatic hydroxyl groups is 2. The lowest BCUT2D eigenvalue weighted by Gasteiger charge is -2.50. The zero-order valence-electron chi connectivity index (χ0n) is 26.6. The molecule has 5 heterocycles. The largest absolute Gasteiger partial charge is 0.494 e. The molecule has 18 heteroatoms. The lowest BCUT2D eigenvalue weighted by atomic mass is 9.84. The SMILES string of the molecule is COC(=O)C1=C(C(=O)OC)SC2(S1)C(C(=O)OC)=C(C(=O)OC)SC1=C2c2cncc(OC)c2N(C(=O)Cn2c(O)ccc2O)C1(C)C. The molecular formula is C30H29N3O12S3. The Morgan fingerprint density at radius 1 is 0.792 bits per heavy atom. The van der Waals surface area contributed by atoms with E-state index in [1.54, 1.807) is 13.8 Å². The second-order valence-electron chi connectivity index (χ2n) is 10.6. The van der Waals surface area contributed by atoms with Crippen LogP contribution in [0, 0.1) is 0 Å². The third-order valence-electron chi connectivity index (χ3n) is 7.71. The number of carbonyl (C=O) groups is 5. The maximum Gasteiger partial charge on any atom is 0.345 e. The first-order valence-corrected chi connectivity index (χ1v) is 16.2. The van der Waals surface area contributed by atoms with Gasteiger partial charge in [0, 0.05) is 34.4 Å². The Kier molecular flexibility index (Phi) is 9.28. The molecular weight excluding hydrogens is 691 g/mol. The first kappa shape index (κ1) is 34.8. The highest BCUT2D eigenvalue weighted by molar-refractivity contribution is 8.26. The Labute approximate surface area is 286 Å². The number of anilines is 1. The Hall–Kier alpha value is -4.55. The standard InChI is InChI=1S/C30H29N3O12S3/c1-29(2)24-18(13-10-31-11-14(41-3)20(13)33(29)17(36)12-32-15(34)8-9-16(32)35)30(19(25(37)42-4)21(46-24)26(38)43-5)47-22(27(39)44-6)23(48-30)28(40)45-7/h8-11,34-35H,12H2,1-7H3. The van der Waals surface area contributed by atoms with E-state index in [2.05, 4.69) is 4.98 Å². The summed E-state index contributed by atoms with van der Waals surface area (Å²) in [4.78, 5) is 73.3. The molecule has 15 nitrogen and oxygen atoms in total. The number of nitrogens with zero attached hydrogens (tertiary/aromatic N) is 3. The Bertz CT molecular complexity index is 1830. The number of ether oxygens (including phenoxy) is 5. The monoisotopic (exact) mass is 719 g/mol. The van der Waals surface area contributed by atoms with Crippen molar-refractivity contribution < 1.29 is 57.9 Å². The zero-order chi connectivity index (χ0) is 35.3. The third kappa shape index (κ3) is 5.18. The van der Waals surface area contributed by atoms with Gasteiger partial charge in [-0.15, -0.1) is 0 Å². The molecule has 0 unspecified atom stereocenters. The quantitative estimate of drug-likeness (QED) is 0.313. The number of hydrogen-bond donors (Lipinski definition) is 2. The molecule has 2 aromatic rings. The average Bonchev–Trinajstić information content (AvgIpc) is 3.62. The minimum absolute atomic E-state index is 0.131. The molecule has 3 aliphatic rings. The molecule has 0 atom stereocenters. The van der Waals surface area contributed by atoms with Gasteiger partial charge in [0.1, 0.15) is 25.3 Å². The second-order valence-corrected chi connectivity index (χ2v) is 14.3. The molecule has 2 aromatic heterocycles. The van der Waals surface area contributed by atoms with E-state index in [4.69, 9.17) is 23.7 Å². The van der Waals surface area contributed by atoms with Crippen LogP contribution >= 0.6 is 35.3 Å². The van der Waals surface area contributed by atoms with Crippen LogP contribution in [-0.2, 0) is 49.5 Å². The van der Waals surface area contributed by atoms with Gasteiger partial charge in [0.05, 0.1) is 58.5 Å². The highest BCUT2D eigenvalue weighted by Gasteiger charge is 2.62. The predicted octanol–water partition coefficient (Wildman–Crippen LogP) is 2.92. The molecule has 0 saturated carbocycles. The van der Waals surface area contributed by atoms with Crippen molar-refractivity contribution in [1.82, 2.24) is 9.55 Å². The van der Waals surface area contributed by atoms with Gasteiger partial charge in [-0.05, 0) is 13.8 Å². The smallest absolute Gasteiger partial charge is 0.345 e. The van der Waals surface area contributed by atoms with Gasteiger partial charge in [-0.1, -0.05) is 35.3 Å². The summed E-state index contributed by atoms with van der Waals surface area (Å²) in [6.45, 7) is 2.84. The number of esters is 4. The third-order valence-corrected chi connectivity index (χ3v) is 12.4. The number of rotatable bonds is 7. The summed E-state index contributed by atoms with van der Waals surface area (Å²) in [5, 5.41) is 20.7. The molecule has 3 aliphatic heterocycles. The number of pyridine rings is 1. The molecule has 0 radical (unpaired) electrons. The van der Waals surface area contributed by atoms with E-state index in [9.17, 15) is 34.2 Å². The van der Waals surface area contributed by atoms with Gasteiger partial charge < -0.3 is 33.9 Å². The van der Waals surface area contributed by atoms with Gasteiger partial charge in [0.2, 0.25) is 5.91 Å². The Morgan fingerprint density at radius 2 is 1.31 bits per heavy atom. The normalized spacial score (nSPS) is 17.5. The minimum Gasteiger partial charge on any atom is -0.494 e. The van der Waals surface area contributed by atoms with Crippen LogP contribution in [0.5, 0.6) is 17.5 Å². The zero-order valence-corrected chi connectivity index (χ0v) is 29.0. The summed E-state index contributed by atoms with van der Waals surface area (Å²) in [6.07, 6.45) is 2.79. The fraction of sp³-hybridized carbons (Fsp3) is 0.333. The van der Waals surface area contributed by atoms with Crippen LogP contribution in [0.25, 0.3) is 5.57 Å². The van der Waals surface area contributed by atoms with Gasteiger partial charge in [-0.2, -0.15) is 0 Å². The molecule has 1 amide bonds. The molecule has 48 heavy (non-hydrogen) atoms. The van der Waals surface area contributed by atoms with Crippen molar-refractivity contribution in [2.75, 3.05) is 40.4 Å². The molecule has 0 fully saturated rings. The number of fused-ring (bicyclic) bond motifs is 3. The van der Waals surface area contributed by atoms with Crippen molar-refractivity contribution in [3.05, 3.63) is 55.3 Å². The Balaban J connectivity index is 1.88. The highest BCUT2D eigenvalue weighted by Crippen LogP contribution is 2.71. The van der Waals surface area contributed by atoms with Crippen molar-refractivity contribution in [1.29, 1.82) is 0 Å². The van der Waals surface area contributed by atoms with Crippen LogP contribution < -0.4 is 9.64 Å². The van der Waals surface area contributed by atoms with Gasteiger partial charge in [-0.25, -0.2) is 19.2 Å². The van der Waals surface area contributed by atoms with Crippen molar-refractivity contribution in [2.45, 2.75) is 30.0 Å².